The number of aliphatic hydroxyl groups excluding tert-OH is 1. The molecule has 2 aliphatic heterocycles. The number of nitrogens with zero attached hydrogens (tertiary/aromatic N) is 2. The Morgan fingerprint density at radius 3 is 2.00 bits per heavy atom. The van der Waals surface area contributed by atoms with Crippen LogP contribution in [0, 0.1) is 0 Å². The Labute approximate surface area is 318 Å². The molecule has 0 radical (unpaired) electrons. The van der Waals surface area contributed by atoms with Gasteiger partial charge in [0.1, 0.15) is 26.0 Å². The number of fused-ring (bicyclic) bond motifs is 2. The van der Waals surface area contributed by atoms with Crippen molar-refractivity contribution < 1.29 is 91.8 Å². The minimum absolute atomic E-state index is 0. The van der Waals surface area contributed by atoms with Crippen LogP contribution in [-0.2, 0) is 35.9 Å². The van der Waals surface area contributed by atoms with Crippen molar-refractivity contribution >= 4 is 43.1 Å². The molecule has 0 aromatic heterocycles. The Hall–Kier alpha value is -2.46. The van der Waals surface area contributed by atoms with Gasteiger partial charge in [0.2, 0.25) is 11.5 Å². The molecule has 0 amide bonds. The fourth-order valence-electron chi connectivity index (χ4n) is 6.45. The summed E-state index contributed by atoms with van der Waals surface area (Å²) in [6.07, 6.45) is 7.81. The Bertz CT molecular complexity index is 2070. The van der Waals surface area contributed by atoms with Crippen molar-refractivity contribution in [3.05, 3.63) is 108 Å². The van der Waals surface area contributed by atoms with E-state index in [2.05, 4.69) is 13.2 Å². The molecule has 2 heterocycles. The maximum absolute atomic E-state index is 13.7. The molecule has 1 N–H and O–H groups in total. The number of aliphatic hydroxyl groups is 1. The van der Waals surface area contributed by atoms with Gasteiger partial charge in [-0.3, -0.25) is 4.79 Å². The molecule has 13 heteroatoms. The summed E-state index contributed by atoms with van der Waals surface area (Å²) in [5, 5.41) is 11.3. The van der Waals surface area contributed by atoms with Crippen LogP contribution in [-0.4, -0.2) is 60.2 Å². The Morgan fingerprint density at radius 2 is 1.45 bits per heavy atom. The van der Waals surface area contributed by atoms with Gasteiger partial charge >= 0.3 is 51.4 Å². The van der Waals surface area contributed by atoms with Crippen molar-refractivity contribution in [1.29, 1.82) is 0 Å². The van der Waals surface area contributed by atoms with Gasteiger partial charge in [0.25, 0.3) is 0 Å². The van der Waals surface area contributed by atoms with E-state index in [4.69, 9.17) is 0 Å². The number of rotatable bonds is 10. The molecular weight excluding hydrogens is 668 g/mol. The molecule has 1 aliphatic carbocycles. The van der Waals surface area contributed by atoms with E-state index in [0.717, 1.165) is 0 Å². The molecule has 0 unspecified atom stereocenters. The molecule has 0 fully saturated rings. The van der Waals surface area contributed by atoms with Crippen LogP contribution in [0.4, 0.5) is 11.4 Å². The van der Waals surface area contributed by atoms with Crippen molar-refractivity contribution in [2.24, 2.45) is 0 Å². The average Bonchev–Trinajstić information content (AvgIpc) is 3.32. The quantitative estimate of drug-likeness (QED) is 0.129. The van der Waals surface area contributed by atoms with Gasteiger partial charge in [-0.15, -0.1) is 13.2 Å². The van der Waals surface area contributed by atoms with Crippen LogP contribution >= 0.6 is 0 Å². The van der Waals surface area contributed by atoms with Crippen molar-refractivity contribution in [3.63, 3.8) is 0 Å². The number of anilines is 1. The third-order valence-corrected chi connectivity index (χ3v) is 10.6. The summed E-state index contributed by atoms with van der Waals surface area (Å²) in [5.74, 6) is -0.629. The number of allylic oxidation sites excluding steroid dienone is 5. The molecule has 47 heavy (non-hydrogen) atoms. The molecule has 3 aliphatic rings. The average molecular weight is 703 g/mol. The first-order valence-corrected chi connectivity index (χ1v) is 17.4. The van der Waals surface area contributed by atoms with Gasteiger partial charge in [-0.25, -0.2) is 16.8 Å². The minimum Gasteiger partial charge on any atom is -0.744 e. The van der Waals surface area contributed by atoms with Crippen LogP contribution in [0.2, 0.25) is 0 Å². The standard InChI is InChI=1S/C34H36N2O8S2.K/c1-7-9-15-35-27-13-11-21(45(39,40)41)17-25(27)33(3,4)29(35)19-23-31(37)24(32(23)38)20-30-34(5,6)26-18-22(46(42,43)44)12-14-28(26)36(30)16-10-8-2;/h7-8,11-14,17-20H,1-2,9-10,15-16H2,3-6H3,(H2-,37,38,39,40,41,42,43,44);/q;+1/p-1. The maximum atomic E-state index is 13.7. The smallest absolute Gasteiger partial charge is 0.744 e. The summed E-state index contributed by atoms with van der Waals surface area (Å²) in [5.41, 5.74) is 2.35. The first kappa shape index (κ1) is 37.4. The van der Waals surface area contributed by atoms with Crippen molar-refractivity contribution in [2.75, 3.05) is 18.0 Å². The Morgan fingerprint density at radius 1 is 0.872 bits per heavy atom. The zero-order chi connectivity index (χ0) is 34.0. The normalized spacial score (nSPS) is 19.9. The summed E-state index contributed by atoms with van der Waals surface area (Å²) in [7, 11) is -9.40. The van der Waals surface area contributed by atoms with E-state index in [9.17, 15) is 35.8 Å². The predicted octanol–water partition coefficient (Wildman–Crippen LogP) is 2.03. The van der Waals surface area contributed by atoms with Gasteiger partial charge in [0.05, 0.1) is 26.4 Å². The van der Waals surface area contributed by atoms with E-state index in [-0.39, 0.29) is 78.1 Å². The minimum atomic E-state index is -4.70. The van der Waals surface area contributed by atoms with E-state index < -0.39 is 36.8 Å². The van der Waals surface area contributed by atoms with E-state index in [1.165, 1.54) is 24.3 Å². The van der Waals surface area contributed by atoms with Gasteiger partial charge in [-0.1, -0.05) is 26.0 Å². The predicted molar refractivity (Wildman–Crippen MR) is 172 cm³/mol. The second kappa shape index (κ2) is 13.1. The van der Waals surface area contributed by atoms with Crippen molar-refractivity contribution in [2.45, 2.75) is 61.2 Å². The van der Waals surface area contributed by atoms with E-state index >= 15 is 0 Å². The largest absolute Gasteiger partial charge is 1.00 e. The van der Waals surface area contributed by atoms with Gasteiger partial charge in [-0.05, 0) is 62.2 Å². The third kappa shape index (κ3) is 6.50. The van der Waals surface area contributed by atoms with Crippen LogP contribution in [0.25, 0.3) is 0 Å². The van der Waals surface area contributed by atoms with E-state index in [1.54, 1.807) is 36.4 Å². The number of hydrogen-bond donors (Lipinski definition) is 1. The molecule has 5 rings (SSSR count). The van der Waals surface area contributed by atoms with Gasteiger partial charge < -0.3 is 19.1 Å². The molecule has 0 spiro atoms. The number of Topliss-reactive ketones (excluding diaryl/α,β-unsaturated/α-hetero) is 1. The molecule has 10 nitrogen and oxygen atoms in total. The Balaban J connectivity index is 0.00000500. The van der Waals surface area contributed by atoms with Crippen LogP contribution in [0.3, 0.4) is 0 Å². The molecule has 2 aromatic carbocycles. The molecule has 0 bridgehead atoms. The number of hydrogen-bond acceptors (Lipinski definition) is 9. The molecule has 242 valence electrons. The molecule has 0 saturated carbocycles. The van der Waals surface area contributed by atoms with Crippen molar-refractivity contribution in [3.8, 4) is 0 Å². The fourth-order valence-corrected chi connectivity index (χ4v) is 7.44. The molecule has 0 saturated heterocycles. The van der Waals surface area contributed by atoms with Gasteiger partial charge in [-0.2, -0.15) is 4.58 Å². The number of ketones is 1. The second-order valence-electron chi connectivity index (χ2n) is 12.5. The number of carbonyl (C=O) groups is 1. The number of benzene rings is 2. The second-order valence-corrected chi connectivity index (χ2v) is 15.3. The van der Waals surface area contributed by atoms with E-state index in [1.807, 2.05) is 37.2 Å². The maximum Gasteiger partial charge on any atom is 1.00 e. The van der Waals surface area contributed by atoms with Crippen LogP contribution in [0.5, 0.6) is 0 Å². The van der Waals surface area contributed by atoms with Crippen molar-refractivity contribution in [1.82, 2.24) is 0 Å². The van der Waals surface area contributed by atoms with E-state index in [0.29, 0.717) is 59.8 Å². The SMILES string of the molecule is C=CCCN1/C(=C/C2=C(O)C(=C\C3=[N+](CCC=C)c4ccc(S(=O)(=O)[O-])cc4C3(C)C)/C2=O)C(C)(C)c2cc(S(=O)(=O)[O-])ccc21.[K+]. The zero-order valence-corrected chi connectivity index (χ0v) is 31.8. The molecule has 0 atom stereocenters. The summed E-state index contributed by atoms with van der Waals surface area (Å²) < 4.78 is 72.7. The monoisotopic (exact) mass is 702 g/mol. The summed E-state index contributed by atoms with van der Waals surface area (Å²) in [6.45, 7) is 15.9. The van der Waals surface area contributed by atoms with Crippen LogP contribution in [0.1, 0.15) is 51.7 Å². The first-order valence-electron chi connectivity index (χ1n) is 14.6. The zero-order valence-electron chi connectivity index (χ0n) is 27.0. The summed E-state index contributed by atoms with van der Waals surface area (Å²) in [4.78, 5) is 14.9. The molecular formula is C34H35KN2O8S2. The summed E-state index contributed by atoms with van der Waals surface area (Å²) in [6, 6.07) is 8.40. The van der Waals surface area contributed by atoms with Gasteiger partial charge in [0, 0.05) is 47.5 Å². The Kier molecular flexibility index (Phi) is 10.4. The molecule has 2 aromatic rings. The third-order valence-electron chi connectivity index (χ3n) is 8.98. The number of carbonyl (C=O) groups excluding carboxylic acids is 1. The first-order chi connectivity index (χ1) is 21.3. The van der Waals surface area contributed by atoms with Crippen LogP contribution < -0.4 is 56.3 Å². The van der Waals surface area contributed by atoms with Crippen LogP contribution in [0.15, 0.2) is 106 Å². The van der Waals surface area contributed by atoms with Gasteiger partial charge in [0.15, 0.2) is 12.3 Å². The topological polar surface area (TPSA) is 158 Å². The fraction of sp³-hybridized carbons (Fsp3) is 0.294. The summed E-state index contributed by atoms with van der Waals surface area (Å²) >= 11 is 0.